The van der Waals surface area contributed by atoms with Gasteiger partial charge in [-0.05, 0) is 67.1 Å². The number of benzene rings is 2. The fourth-order valence-electron chi connectivity index (χ4n) is 2.95. The number of rotatable bonds is 4. The van der Waals surface area contributed by atoms with Gasteiger partial charge in [-0.3, -0.25) is 4.72 Å². The monoisotopic (exact) mass is 365 g/mol. The molecule has 0 fully saturated rings. The molecule has 3 rings (SSSR count). The number of hydrogen-bond donors (Lipinski definition) is 2. The molecule has 0 amide bonds. The van der Waals surface area contributed by atoms with Gasteiger partial charge in [0.25, 0.3) is 10.0 Å². The largest absolute Gasteiger partial charge is 0.478 e. The van der Waals surface area contributed by atoms with E-state index in [1.54, 1.807) is 31.2 Å². The summed E-state index contributed by atoms with van der Waals surface area (Å²) in [6.07, 6.45) is 2.13. The normalized spacial score (nSPS) is 13.6. The summed E-state index contributed by atoms with van der Waals surface area (Å²) in [5.41, 5.74) is 2.48. The van der Waals surface area contributed by atoms with Gasteiger partial charge in [-0.2, -0.15) is 0 Å². The van der Waals surface area contributed by atoms with E-state index < -0.39 is 16.0 Å². The van der Waals surface area contributed by atoms with Gasteiger partial charge in [0.2, 0.25) is 0 Å². The van der Waals surface area contributed by atoms with Gasteiger partial charge in [0, 0.05) is 5.02 Å². The van der Waals surface area contributed by atoms with Crippen LogP contribution in [0.3, 0.4) is 0 Å². The number of sulfonamides is 1. The zero-order chi connectivity index (χ0) is 17.5. The molecule has 7 heteroatoms. The molecule has 1 aliphatic rings. The maximum absolute atomic E-state index is 12.9. The predicted molar refractivity (Wildman–Crippen MR) is 92.4 cm³/mol. The second kappa shape index (κ2) is 6.11. The molecule has 2 aromatic rings. The van der Waals surface area contributed by atoms with E-state index >= 15 is 0 Å². The van der Waals surface area contributed by atoms with Crippen LogP contribution >= 0.6 is 11.6 Å². The zero-order valence-corrected chi connectivity index (χ0v) is 14.5. The highest BCUT2D eigenvalue weighted by Crippen LogP contribution is 2.32. The molecule has 1 aliphatic carbocycles. The van der Waals surface area contributed by atoms with Crippen LogP contribution in [0.2, 0.25) is 5.02 Å². The van der Waals surface area contributed by atoms with Crippen molar-refractivity contribution in [3.8, 4) is 0 Å². The van der Waals surface area contributed by atoms with E-state index in [4.69, 9.17) is 11.6 Å². The Morgan fingerprint density at radius 3 is 2.71 bits per heavy atom. The zero-order valence-electron chi connectivity index (χ0n) is 13.0. The Labute approximate surface area is 145 Å². The molecule has 0 radical (unpaired) electrons. The average Bonchev–Trinajstić information content (AvgIpc) is 2.98. The van der Waals surface area contributed by atoms with E-state index in [9.17, 15) is 18.3 Å². The third-order valence-corrected chi connectivity index (χ3v) is 6.06. The van der Waals surface area contributed by atoms with Gasteiger partial charge in [-0.15, -0.1) is 0 Å². The van der Waals surface area contributed by atoms with Crippen LogP contribution in [0.5, 0.6) is 0 Å². The number of carbonyl (C=O) groups is 1. The Morgan fingerprint density at radius 2 is 2.00 bits per heavy atom. The second-order valence-corrected chi connectivity index (χ2v) is 7.85. The van der Waals surface area contributed by atoms with E-state index in [0.717, 1.165) is 12.0 Å². The number of aryl methyl sites for hydroxylation is 1. The highest BCUT2D eigenvalue weighted by molar-refractivity contribution is 7.92. The van der Waals surface area contributed by atoms with E-state index in [1.807, 2.05) is 0 Å². The summed E-state index contributed by atoms with van der Waals surface area (Å²) in [5.74, 6) is -1.14. The van der Waals surface area contributed by atoms with Crippen LogP contribution in [-0.2, 0) is 22.9 Å². The number of carboxylic acid groups (broad SMARTS) is 1. The Bertz CT molecular complexity index is 938. The fourth-order valence-corrected chi connectivity index (χ4v) is 4.58. The number of halogens is 1. The van der Waals surface area contributed by atoms with Crippen LogP contribution in [0.1, 0.15) is 33.5 Å². The number of hydrogen-bond acceptors (Lipinski definition) is 3. The summed E-state index contributed by atoms with van der Waals surface area (Å²) < 4.78 is 28.2. The average molecular weight is 366 g/mol. The van der Waals surface area contributed by atoms with Crippen LogP contribution in [0.25, 0.3) is 0 Å². The molecule has 0 bridgehead atoms. The van der Waals surface area contributed by atoms with Crippen molar-refractivity contribution in [2.75, 3.05) is 4.72 Å². The fraction of sp³-hybridized carbons (Fsp3) is 0.235. The van der Waals surface area contributed by atoms with Crippen molar-refractivity contribution in [2.24, 2.45) is 0 Å². The third-order valence-electron chi connectivity index (χ3n) is 4.22. The highest BCUT2D eigenvalue weighted by atomic mass is 35.5. The summed E-state index contributed by atoms with van der Waals surface area (Å²) in [7, 11) is -3.91. The van der Waals surface area contributed by atoms with E-state index in [1.165, 1.54) is 6.07 Å². The van der Waals surface area contributed by atoms with Crippen molar-refractivity contribution in [3.63, 3.8) is 0 Å². The Kier molecular flexibility index (Phi) is 4.27. The lowest BCUT2D eigenvalue weighted by molar-refractivity contribution is 0.0696. The van der Waals surface area contributed by atoms with Crippen molar-refractivity contribution < 1.29 is 18.3 Å². The van der Waals surface area contributed by atoms with Crippen LogP contribution in [0, 0.1) is 6.92 Å². The van der Waals surface area contributed by atoms with Gasteiger partial charge in [0.05, 0.1) is 16.1 Å². The number of fused-ring (bicyclic) bond motifs is 1. The number of carboxylic acids is 1. The first-order chi connectivity index (χ1) is 11.3. The van der Waals surface area contributed by atoms with E-state index in [-0.39, 0.29) is 10.5 Å². The molecule has 0 atom stereocenters. The molecular weight excluding hydrogens is 350 g/mol. The van der Waals surface area contributed by atoms with Crippen molar-refractivity contribution in [1.29, 1.82) is 0 Å². The molecule has 0 aliphatic heterocycles. The second-order valence-electron chi connectivity index (χ2n) is 5.79. The molecule has 0 spiro atoms. The molecule has 0 aromatic heterocycles. The van der Waals surface area contributed by atoms with Gasteiger partial charge < -0.3 is 5.11 Å². The quantitative estimate of drug-likeness (QED) is 0.866. The summed E-state index contributed by atoms with van der Waals surface area (Å²) in [6.45, 7) is 1.72. The lowest BCUT2D eigenvalue weighted by atomic mass is 10.1. The third kappa shape index (κ3) is 2.99. The first kappa shape index (κ1) is 16.8. The molecule has 2 aromatic carbocycles. The van der Waals surface area contributed by atoms with Crippen molar-refractivity contribution in [3.05, 3.63) is 57.6 Å². The van der Waals surface area contributed by atoms with Crippen molar-refractivity contribution >= 4 is 33.3 Å². The standard InChI is InChI=1S/C17H16ClNO4S/c1-10-14(18)6-3-7-15(10)19-24(22,23)16-9-12(17(20)21)8-11-4-2-5-13(11)16/h3,6-9,19H,2,4-5H2,1H3,(H,20,21). The minimum atomic E-state index is -3.91. The van der Waals surface area contributed by atoms with Crippen LogP contribution < -0.4 is 4.72 Å². The molecule has 0 heterocycles. The molecule has 24 heavy (non-hydrogen) atoms. The van der Waals surface area contributed by atoms with Gasteiger partial charge in [-0.25, -0.2) is 13.2 Å². The molecule has 126 valence electrons. The van der Waals surface area contributed by atoms with E-state index in [0.29, 0.717) is 34.7 Å². The van der Waals surface area contributed by atoms with Crippen molar-refractivity contribution in [2.45, 2.75) is 31.1 Å². The molecule has 0 unspecified atom stereocenters. The van der Waals surface area contributed by atoms with Crippen LogP contribution in [0.15, 0.2) is 35.2 Å². The van der Waals surface area contributed by atoms with Gasteiger partial charge in [0.15, 0.2) is 0 Å². The molecule has 2 N–H and O–H groups in total. The Morgan fingerprint density at radius 1 is 1.25 bits per heavy atom. The number of aromatic carboxylic acids is 1. The maximum atomic E-state index is 12.9. The topological polar surface area (TPSA) is 83.5 Å². The van der Waals surface area contributed by atoms with Crippen molar-refractivity contribution in [1.82, 2.24) is 0 Å². The van der Waals surface area contributed by atoms with Gasteiger partial charge in [-0.1, -0.05) is 17.7 Å². The summed E-state index contributed by atoms with van der Waals surface area (Å²) in [4.78, 5) is 11.3. The molecule has 5 nitrogen and oxygen atoms in total. The minimum Gasteiger partial charge on any atom is -0.478 e. The van der Waals surface area contributed by atoms with Crippen LogP contribution in [-0.4, -0.2) is 19.5 Å². The van der Waals surface area contributed by atoms with Crippen LogP contribution in [0.4, 0.5) is 5.69 Å². The molecule has 0 saturated carbocycles. The summed E-state index contributed by atoms with van der Waals surface area (Å²) in [6, 6.07) is 7.76. The lowest BCUT2D eigenvalue weighted by Gasteiger charge is -2.15. The maximum Gasteiger partial charge on any atom is 0.335 e. The molecule has 0 saturated heterocycles. The lowest BCUT2D eigenvalue weighted by Crippen LogP contribution is -2.17. The smallest absolute Gasteiger partial charge is 0.335 e. The number of nitrogens with one attached hydrogen (secondary N) is 1. The first-order valence-corrected chi connectivity index (χ1v) is 9.33. The summed E-state index contributed by atoms with van der Waals surface area (Å²) >= 11 is 6.04. The van der Waals surface area contributed by atoms with E-state index in [2.05, 4.69) is 4.72 Å². The van der Waals surface area contributed by atoms with Gasteiger partial charge in [0.1, 0.15) is 0 Å². The Balaban J connectivity index is 2.10. The summed E-state index contributed by atoms with van der Waals surface area (Å²) in [5, 5.41) is 9.70. The highest BCUT2D eigenvalue weighted by Gasteiger charge is 2.26. The molecular formula is C17H16ClNO4S. The minimum absolute atomic E-state index is 0.0150. The Hall–Kier alpha value is -2.05. The predicted octanol–water partition coefficient (Wildman–Crippen LogP) is 3.64. The first-order valence-electron chi connectivity index (χ1n) is 7.46. The SMILES string of the molecule is Cc1c(Cl)cccc1NS(=O)(=O)c1cc(C(=O)O)cc2c1CCC2. The van der Waals surface area contributed by atoms with Gasteiger partial charge >= 0.3 is 5.97 Å². The number of anilines is 1.